The van der Waals surface area contributed by atoms with Crippen LogP contribution in [0, 0.1) is 6.92 Å². The lowest BCUT2D eigenvalue weighted by molar-refractivity contribution is -0.138. The van der Waals surface area contributed by atoms with E-state index in [-0.39, 0.29) is 0 Å². The monoisotopic (exact) mass is 460 g/mol. The molecule has 0 radical (unpaired) electrons. The molecule has 1 heterocycles. The number of ether oxygens (including phenoxy) is 1. The Morgan fingerprint density at radius 2 is 1.79 bits per heavy atom. The topological polar surface area (TPSA) is 64.4 Å². The summed E-state index contributed by atoms with van der Waals surface area (Å²) >= 11 is 6.09. The second-order valence-corrected chi connectivity index (χ2v) is 8.48. The van der Waals surface area contributed by atoms with Crippen molar-refractivity contribution >= 4 is 17.6 Å². The molecule has 4 aromatic rings. The Morgan fingerprint density at radius 1 is 1.06 bits per heavy atom. The van der Waals surface area contributed by atoms with E-state index in [2.05, 4.69) is 0 Å². The van der Waals surface area contributed by atoms with Gasteiger partial charge in [0.05, 0.1) is 31.0 Å². The third-order valence-electron chi connectivity index (χ3n) is 5.62. The van der Waals surface area contributed by atoms with E-state index in [4.69, 9.17) is 21.4 Å². The van der Waals surface area contributed by atoms with Gasteiger partial charge in [-0.25, -0.2) is 0 Å². The van der Waals surface area contributed by atoms with E-state index in [0.29, 0.717) is 18.0 Å². The van der Waals surface area contributed by atoms with Crippen molar-refractivity contribution in [3.8, 4) is 17.0 Å². The van der Waals surface area contributed by atoms with Gasteiger partial charge in [-0.1, -0.05) is 65.7 Å². The minimum atomic E-state index is -0.863. The summed E-state index contributed by atoms with van der Waals surface area (Å²) in [4.78, 5) is 12.1. The van der Waals surface area contributed by atoms with E-state index in [9.17, 15) is 9.90 Å². The molecule has 0 aliphatic carbocycles. The quantitative estimate of drug-likeness (QED) is 0.351. The Hall–Kier alpha value is -3.57. The first-order valence-corrected chi connectivity index (χ1v) is 11.1. The fourth-order valence-electron chi connectivity index (χ4n) is 3.89. The van der Waals surface area contributed by atoms with Gasteiger partial charge >= 0.3 is 5.97 Å². The Labute approximate surface area is 198 Å². The Morgan fingerprint density at radius 3 is 2.42 bits per heavy atom. The Balaban J connectivity index is 1.70. The third kappa shape index (κ3) is 5.44. The van der Waals surface area contributed by atoms with Gasteiger partial charge in [0, 0.05) is 11.4 Å². The summed E-state index contributed by atoms with van der Waals surface area (Å²) in [7, 11) is 1.64. The molecule has 1 aromatic heterocycles. The van der Waals surface area contributed by atoms with E-state index in [1.54, 1.807) is 7.11 Å². The van der Waals surface area contributed by atoms with E-state index in [0.717, 1.165) is 39.4 Å². The zero-order chi connectivity index (χ0) is 23.4. The van der Waals surface area contributed by atoms with Crippen LogP contribution in [0.4, 0.5) is 0 Å². The minimum absolute atomic E-state index is 0.301. The highest BCUT2D eigenvalue weighted by molar-refractivity contribution is 6.30. The molecule has 0 saturated heterocycles. The molecule has 168 valence electrons. The number of carbonyl (C=O) groups is 1. The molecular formula is C27H25ClN2O3. The lowest BCUT2D eigenvalue weighted by Crippen LogP contribution is -2.15. The van der Waals surface area contributed by atoms with E-state index in [1.807, 2.05) is 90.5 Å². The average Bonchev–Trinajstić information content (AvgIpc) is 3.20. The SMILES string of the molecule is COc1ccc(Cn2nc(CC(C(=O)O)c3cccc(C)c3)cc2-c2ccc(Cl)cc2)cc1. The number of hydrogen-bond acceptors (Lipinski definition) is 3. The smallest absolute Gasteiger partial charge is 0.311 e. The fourth-order valence-corrected chi connectivity index (χ4v) is 4.02. The van der Waals surface area contributed by atoms with Crippen molar-refractivity contribution in [3.63, 3.8) is 0 Å². The molecule has 0 bridgehead atoms. The standard InChI is InChI=1S/C27H25ClN2O3/c1-18-4-3-5-21(14-18)25(27(31)32)15-23-16-26(20-8-10-22(28)11-9-20)30(29-23)17-19-6-12-24(33-2)13-7-19/h3-14,16,25H,15,17H2,1-2H3,(H,31,32). The molecule has 0 saturated carbocycles. The molecule has 3 aromatic carbocycles. The molecule has 0 fully saturated rings. The van der Waals surface area contributed by atoms with Gasteiger partial charge in [0.1, 0.15) is 5.75 Å². The van der Waals surface area contributed by atoms with Crippen LogP contribution in [0.25, 0.3) is 11.3 Å². The van der Waals surface area contributed by atoms with Gasteiger partial charge in [0.2, 0.25) is 0 Å². The van der Waals surface area contributed by atoms with Gasteiger partial charge < -0.3 is 9.84 Å². The number of benzene rings is 3. The average molecular weight is 461 g/mol. The summed E-state index contributed by atoms with van der Waals surface area (Å²) in [5.74, 6) is -0.745. The zero-order valence-corrected chi connectivity index (χ0v) is 19.3. The van der Waals surface area contributed by atoms with Crippen LogP contribution in [-0.2, 0) is 17.8 Å². The van der Waals surface area contributed by atoms with Crippen molar-refractivity contribution < 1.29 is 14.6 Å². The molecule has 1 unspecified atom stereocenters. The summed E-state index contributed by atoms with van der Waals surface area (Å²) in [6.07, 6.45) is 0.301. The fraction of sp³-hybridized carbons (Fsp3) is 0.185. The predicted molar refractivity (Wildman–Crippen MR) is 130 cm³/mol. The predicted octanol–water partition coefficient (Wildman–Crippen LogP) is 5.98. The van der Waals surface area contributed by atoms with Crippen LogP contribution < -0.4 is 4.74 Å². The third-order valence-corrected chi connectivity index (χ3v) is 5.87. The first-order valence-electron chi connectivity index (χ1n) is 10.7. The molecule has 4 rings (SSSR count). The highest BCUT2D eigenvalue weighted by Crippen LogP contribution is 2.27. The number of carboxylic acids is 1. The van der Waals surface area contributed by atoms with Crippen molar-refractivity contribution in [1.82, 2.24) is 9.78 Å². The maximum atomic E-state index is 12.1. The molecule has 33 heavy (non-hydrogen) atoms. The van der Waals surface area contributed by atoms with Crippen LogP contribution in [0.2, 0.25) is 5.02 Å². The minimum Gasteiger partial charge on any atom is -0.497 e. The van der Waals surface area contributed by atoms with Gasteiger partial charge in [-0.3, -0.25) is 9.48 Å². The summed E-state index contributed by atoms with van der Waals surface area (Å²) in [6.45, 7) is 2.51. The van der Waals surface area contributed by atoms with Gasteiger partial charge in [0.25, 0.3) is 0 Å². The van der Waals surface area contributed by atoms with Gasteiger partial charge in [-0.05, 0) is 53.9 Å². The highest BCUT2D eigenvalue weighted by Gasteiger charge is 2.23. The summed E-state index contributed by atoms with van der Waals surface area (Å²) in [5.41, 5.74) is 5.47. The molecule has 1 N–H and O–H groups in total. The number of nitrogens with zero attached hydrogens (tertiary/aromatic N) is 2. The number of rotatable bonds is 8. The lowest BCUT2D eigenvalue weighted by Gasteiger charge is -2.12. The molecule has 5 nitrogen and oxygen atoms in total. The van der Waals surface area contributed by atoms with Crippen molar-refractivity contribution in [2.24, 2.45) is 0 Å². The molecule has 0 aliphatic rings. The van der Waals surface area contributed by atoms with Crippen molar-refractivity contribution in [2.75, 3.05) is 7.11 Å². The summed E-state index contributed by atoms with van der Waals surface area (Å²) in [5, 5.41) is 15.4. The Kier molecular flexibility index (Phi) is 6.80. The van der Waals surface area contributed by atoms with E-state index in [1.165, 1.54) is 0 Å². The molecule has 1 atom stereocenters. The highest BCUT2D eigenvalue weighted by atomic mass is 35.5. The normalized spacial score (nSPS) is 11.8. The number of aliphatic carboxylic acids is 1. The molecule has 6 heteroatoms. The maximum Gasteiger partial charge on any atom is 0.311 e. The zero-order valence-electron chi connectivity index (χ0n) is 18.5. The number of hydrogen-bond donors (Lipinski definition) is 1. The number of aryl methyl sites for hydroxylation is 1. The van der Waals surface area contributed by atoms with E-state index < -0.39 is 11.9 Å². The number of halogens is 1. The maximum absolute atomic E-state index is 12.1. The number of methoxy groups -OCH3 is 1. The summed E-state index contributed by atoms with van der Waals surface area (Å²) < 4.78 is 7.17. The van der Waals surface area contributed by atoms with Gasteiger partial charge in [-0.15, -0.1) is 0 Å². The van der Waals surface area contributed by atoms with Crippen LogP contribution >= 0.6 is 11.6 Å². The summed E-state index contributed by atoms with van der Waals surface area (Å²) in [6, 6.07) is 25.0. The molecule has 0 aliphatic heterocycles. The first kappa shape index (κ1) is 22.6. The largest absolute Gasteiger partial charge is 0.497 e. The second kappa shape index (κ2) is 9.92. The number of aromatic nitrogens is 2. The van der Waals surface area contributed by atoms with Crippen molar-refractivity contribution in [1.29, 1.82) is 0 Å². The van der Waals surface area contributed by atoms with Crippen LogP contribution in [0.5, 0.6) is 5.75 Å². The Bertz CT molecular complexity index is 1250. The first-order chi connectivity index (χ1) is 15.9. The second-order valence-electron chi connectivity index (χ2n) is 8.04. The molecular weight excluding hydrogens is 436 g/mol. The van der Waals surface area contributed by atoms with Gasteiger partial charge in [-0.2, -0.15) is 5.10 Å². The molecule has 0 spiro atoms. The number of carboxylic acid groups (broad SMARTS) is 1. The van der Waals surface area contributed by atoms with Crippen molar-refractivity contribution in [3.05, 3.63) is 106 Å². The van der Waals surface area contributed by atoms with Crippen LogP contribution in [-0.4, -0.2) is 28.0 Å². The van der Waals surface area contributed by atoms with Crippen molar-refractivity contribution in [2.45, 2.75) is 25.8 Å². The van der Waals surface area contributed by atoms with Gasteiger partial charge in [0.15, 0.2) is 0 Å². The van der Waals surface area contributed by atoms with E-state index >= 15 is 0 Å². The lowest BCUT2D eigenvalue weighted by atomic mass is 9.93. The van der Waals surface area contributed by atoms with Crippen LogP contribution in [0.15, 0.2) is 78.9 Å². The molecule has 0 amide bonds. The van der Waals surface area contributed by atoms with Crippen LogP contribution in [0.3, 0.4) is 0 Å². The van der Waals surface area contributed by atoms with Crippen LogP contribution in [0.1, 0.15) is 28.3 Å².